The third kappa shape index (κ3) is 4.33. The van der Waals surface area contributed by atoms with Crippen molar-refractivity contribution >= 4 is 5.78 Å². The van der Waals surface area contributed by atoms with Crippen LogP contribution in [0.4, 0.5) is 0 Å². The summed E-state index contributed by atoms with van der Waals surface area (Å²) >= 11 is 0. The van der Waals surface area contributed by atoms with E-state index in [2.05, 4.69) is 32.9 Å². The van der Waals surface area contributed by atoms with Gasteiger partial charge in [0.05, 0.1) is 12.2 Å². The second kappa shape index (κ2) is 10.1. The Kier molecular flexibility index (Phi) is 8.51. The van der Waals surface area contributed by atoms with E-state index in [0.717, 1.165) is 18.8 Å². The lowest BCUT2D eigenvalue weighted by Crippen LogP contribution is -2.56. The van der Waals surface area contributed by atoms with Crippen LogP contribution in [-0.2, 0) is 9.53 Å². The predicted octanol–water partition coefficient (Wildman–Crippen LogP) is 5.09. The maximum Gasteiger partial charge on any atom is 0.155 e. The van der Waals surface area contributed by atoms with Crippen LogP contribution in [0.25, 0.3) is 0 Å². The Bertz CT molecular complexity index is 666. The molecule has 0 aromatic rings. The Hall–Kier alpha value is -0.970. The first kappa shape index (κ1) is 25.3. The minimum Gasteiger partial charge on any atom is -0.393 e. The smallest absolute Gasteiger partial charge is 0.155 e. The van der Waals surface area contributed by atoms with Crippen LogP contribution in [-0.4, -0.2) is 41.9 Å². The average Bonchev–Trinajstić information content (AvgIpc) is 3.05. The number of rotatable bonds is 2. The first-order valence-corrected chi connectivity index (χ1v) is 11.9. The summed E-state index contributed by atoms with van der Waals surface area (Å²) in [5.41, 5.74) is 3.43. The van der Waals surface area contributed by atoms with Crippen molar-refractivity contribution in [3.05, 3.63) is 23.3 Å². The lowest BCUT2D eigenvalue weighted by molar-refractivity contribution is -0.134. The van der Waals surface area contributed by atoms with E-state index in [9.17, 15) is 9.90 Å². The predicted molar refractivity (Wildman–Crippen MR) is 122 cm³/mol. The zero-order valence-corrected chi connectivity index (χ0v) is 20.2. The molecule has 0 amide bonds. The number of hydrogen-bond acceptors (Lipinski definition) is 4. The van der Waals surface area contributed by atoms with Gasteiger partial charge in [0.15, 0.2) is 5.78 Å². The first-order valence-electron chi connectivity index (χ1n) is 11.9. The van der Waals surface area contributed by atoms with Crippen molar-refractivity contribution in [2.24, 2.45) is 28.6 Å². The normalized spacial score (nSPS) is 41.4. The van der Waals surface area contributed by atoms with Gasteiger partial charge in [-0.3, -0.25) is 4.79 Å². The number of carbonyl (C=O) groups excluding carboxylic acids is 1. The summed E-state index contributed by atoms with van der Waals surface area (Å²) in [6.45, 7) is 12.1. The Morgan fingerprint density at radius 1 is 1.23 bits per heavy atom. The highest BCUT2D eigenvalue weighted by Gasteiger charge is 2.61. The monoisotopic (exact) mass is 420 g/mol. The molecule has 30 heavy (non-hydrogen) atoms. The number of ketones is 1. The molecule has 3 fully saturated rings. The Morgan fingerprint density at radius 2 is 1.87 bits per heavy atom. The van der Waals surface area contributed by atoms with Gasteiger partial charge < -0.3 is 14.9 Å². The summed E-state index contributed by atoms with van der Waals surface area (Å²) in [5, 5.41) is 19.0. The Morgan fingerprint density at radius 3 is 2.43 bits per heavy atom. The lowest BCUT2D eigenvalue weighted by atomic mass is 9.47. The van der Waals surface area contributed by atoms with Crippen LogP contribution in [0.2, 0.25) is 0 Å². The molecule has 4 heteroatoms. The first-order chi connectivity index (χ1) is 14.2. The fraction of sp³-hybridized carbons (Fsp3) is 0.808. The Labute approximate surface area is 183 Å². The van der Waals surface area contributed by atoms with Crippen molar-refractivity contribution in [3.63, 3.8) is 0 Å². The van der Waals surface area contributed by atoms with Gasteiger partial charge in [-0.2, -0.15) is 0 Å². The maximum atomic E-state index is 11.2. The van der Waals surface area contributed by atoms with Gasteiger partial charge in [0.2, 0.25) is 0 Å². The molecule has 0 aliphatic heterocycles. The standard InChI is InChI=1S/C21H32O2.C3H6O2.C2H6/c1-13-6-5-11-20(2)15(13)8-7-14-16-9-10-18(23-4)21(16,3)12-17(22)19(14)20;1-3(5)2-4;1-2/h5,11,14,16-19,22H,6-10,12H2,1-4H3;4H,2H2,1H3;1-2H3/t14?,16?,17?,18-,19?,20?,21?;;/m1../s1. The van der Waals surface area contributed by atoms with Crippen LogP contribution < -0.4 is 0 Å². The molecule has 6 unspecified atom stereocenters. The Balaban J connectivity index is 0.000000404. The van der Waals surface area contributed by atoms with E-state index < -0.39 is 0 Å². The fourth-order valence-electron chi connectivity index (χ4n) is 7.21. The van der Waals surface area contributed by atoms with Crippen LogP contribution in [0, 0.1) is 28.6 Å². The molecular weight excluding hydrogens is 376 g/mol. The van der Waals surface area contributed by atoms with E-state index in [1.54, 1.807) is 11.1 Å². The second-order valence-corrected chi connectivity index (χ2v) is 9.92. The van der Waals surface area contributed by atoms with Crippen LogP contribution in [0.1, 0.15) is 80.1 Å². The minimum absolute atomic E-state index is 0.0805. The quantitative estimate of drug-likeness (QED) is 0.611. The molecule has 172 valence electrons. The summed E-state index contributed by atoms with van der Waals surface area (Å²) in [7, 11) is 1.85. The number of aliphatic hydroxyl groups is 2. The van der Waals surface area contributed by atoms with Crippen molar-refractivity contribution in [2.45, 2.75) is 92.3 Å². The van der Waals surface area contributed by atoms with Gasteiger partial charge in [0.1, 0.15) is 6.61 Å². The SMILES string of the molecule is CC.CC(=O)CO.CO[C@@H]1CCC2C3CCC4=C(C)CC=CC4(C)C3C(O)CC21C. The van der Waals surface area contributed by atoms with E-state index in [-0.39, 0.29) is 29.3 Å². The highest BCUT2D eigenvalue weighted by molar-refractivity contribution is 5.76. The molecule has 3 saturated carbocycles. The lowest BCUT2D eigenvalue weighted by Gasteiger charge is -2.59. The third-order valence-corrected chi connectivity index (χ3v) is 8.34. The molecule has 0 aromatic heterocycles. The number of hydrogen-bond donors (Lipinski definition) is 2. The maximum absolute atomic E-state index is 11.2. The van der Waals surface area contributed by atoms with Crippen molar-refractivity contribution in [1.29, 1.82) is 0 Å². The number of Topliss-reactive ketones (excluding diaryl/α,β-unsaturated/α-hetero) is 1. The van der Waals surface area contributed by atoms with Gasteiger partial charge in [-0.05, 0) is 69.6 Å². The van der Waals surface area contributed by atoms with Gasteiger partial charge in [-0.25, -0.2) is 0 Å². The van der Waals surface area contributed by atoms with Crippen molar-refractivity contribution in [2.75, 3.05) is 13.7 Å². The molecule has 4 aliphatic carbocycles. The molecule has 0 radical (unpaired) electrons. The average molecular weight is 421 g/mol. The fourth-order valence-corrected chi connectivity index (χ4v) is 7.21. The molecule has 0 saturated heterocycles. The van der Waals surface area contributed by atoms with Gasteiger partial charge in [0, 0.05) is 18.4 Å². The number of aliphatic hydroxyl groups excluding tert-OH is 2. The van der Waals surface area contributed by atoms with E-state index >= 15 is 0 Å². The molecule has 4 rings (SSSR count). The molecule has 0 bridgehead atoms. The molecule has 4 aliphatic rings. The molecular formula is C26H44O4. The van der Waals surface area contributed by atoms with E-state index in [0.29, 0.717) is 17.9 Å². The van der Waals surface area contributed by atoms with E-state index in [1.165, 1.54) is 32.6 Å². The zero-order chi connectivity index (χ0) is 22.7. The van der Waals surface area contributed by atoms with Crippen LogP contribution in [0.15, 0.2) is 23.3 Å². The van der Waals surface area contributed by atoms with Gasteiger partial charge in [-0.15, -0.1) is 0 Å². The summed E-state index contributed by atoms with van der Waals surface area (Å²) in [4.78, 5) is 9.56. The van der Waals surface area contributed by atoms with Crippen LogP contribution in [0.3, 0.4) is 0 Å². The molecule has 2 N–H and O–H groups in total. The highest BCUT2D eigenvalue weighted by Crippen LogP contribution is 2.65. The van der Waals surface area contributed by atoms with Crippen molar-refractivity contribution in [1.82, 2.24) is 0 Å². The molecule has 0 aromatic carbocycles. The number of fused-ring (bicyclic) bond motifs is 5. The molecule has 0 spiro atoms. The third-order valence-electron chi connectivity index (χ3n) is 8.34. The number of allylic oxidation sites excluding steroid dienone is 4. The number of ether oxygens (including phenoxy) is 1. The summed E-state index contributed by atoms with van der Waals surface area (Å²) in [6.07, 6.45) is 11.8. The molecule has 7 atom stereocenters. The van der Waals surface area contributed by atoms with Crippen LogP contribution in [0.5, 0.6) is 0 Å². The largest absolute Gasteiger partial charge is 0.393 e. The van der Waals surface area contributed by atoms with Gasteiger partial charge in [-0.1, -0.05) is 51.0 Å². The number of methoxy groups -OCH3 is 1. The number of carbonyl (C=O) groups is 1. The van der Waals surface area contributed by atoms with Crippen molar-refractivity contribution < 1.29 is 19.7 Å². The summed E-state index contributed by atoms with van der Waals surface area (Å²) in [6, 6.07) is 0. The van der Waals surface area contributed by atoms with E-state index in [4.69, 9.17) is 9.84 Å². The van der Waals surface area contributed by atoms with Crippen molar-refractivity contribution in [3.8, 4) is 0 Å². The zero-order valence-electron chi connectivity index (χ0n) is 20.2. The second-order valence-electron chi connectivity index (χ2n) is 9.92. The summed E-state index contributed by atoms with van der Waals surface area (Å²) < 4.78 is 5.83. The van der Waals surface area contributed by atoms with Gasteiger partial charge in [0.25, 0.3) is 0 Å². The van der Waals surface area contributed by atoms with Gasteiger partial charge >= 0.3 is 0 Å². The minimum atomic E-state index is -0.333. The topological polar surface area (TPSA) is 66.8 Å². The molecule has 0 heterocycles. The van der Waals surface area contributed by atoms with Crippen LogP contribution >= 0.6 is 0 Å². The van der Waals surface area contributed by atoms with E-state index in [1.807, 2.05) is 21.0 Å². The summed E-state index contributed by atoms with van der Waals surface area (Å²) in [5.74, 6) is 1.57. The highest BCUT2D eigenvalue weighted by atomic mass is 16.5. The molecule has 4 nitrogen and oxygen atoms in total.